The molecule has 3 aromatic carbocycles. The molecule has 3 aliphatic carbocycles. The lowest BCUT2D eigenvalue weighted by Crippen LogP contribution is -2.28. The molecule has 0 radical (unpaired) electrons. The van der Waals surface area contributed by atoms with Crippen LogP contribution in [0.15, 0.2) is 66.7 Å². The zero-order valence-corrected chi connectivity index (χ0v) is 14.3. The molecule has 1 nitrogen and oxygen atoms in total. The summed E-state index contributed by atoms with van der Waals surface area (Å²) in [5, 5.41) is 10.9. The third-order valence-corrected chi connectivity index (χ3v) is 5.96. The fourth-order valence-corrected chi connectivity index (χ4v) is 4.44. The molecule has 0 heterocycles. The van der Waals surface area contributed by atoms with Crippen molar-refractivity contribution < 1.29 is 5.11 Å². The number of benzene rings is 3. The van der Waals surface area contributed by atoms with Gasteiger partial charge in [0, 0.05) is 0 Å². The van der Waals surface area contributed by atoms with Gasteiger partial charge in [0.25, 0.3) is 0 Å². The molecule has 0 amide bonds. The quantitative estimate of drug-likeness (QED) is 0.468. The first-order valence-corrected chi connectivity index (χ1v) is 9.31. The van der Waals surface area contributed by atoms with E-state index in [4.69, 9.17) is 0 Å². The highest BCUT2D eigenvalue weighted by molar-refractivity contribution is 5.89. The van der Waals surface area contributed by atoms with Gasteiger partial charge < -0.3 is 5.11 Å². The highest BCUT2D eigenvalue weighted by atomic mass is 16.3. The van der Waals surface area contributed by atoms with Crippen LogP contribution in [0.3, 0.4) is 0 Å². The monoisotopic (exact) mass is 326 g/mol. The lowest BCUT2D eigenvalue weighted by molar-refractivity contribution is -0.000612. The SMILES string of the molecule is OC1(c2ccc(-c3ccc4cc3-c3ccc-4cc3)cc2)CCCCC1. The van der Waals surface area contributed by atoms with Gasteiger partial charge in [-0.1, -0.05) is 79.9 Å². The predicted octanol–water partition coefficient (Wildman–Crippen LogP) is 6.15. The molecule has 1 fully saturated rings. The van der Waals surface area contributed by atoms with Crippen LogP contribution >= 0.6 is 0 Å². The van der Waals surface area contributed by atoms with Gasteiger partial charge in [0.05, 0.1) is 5.60 Å². The Labute approximate surface area is 149 Å². The van der Waals surface area contributed by atoms with Crippen molar-refractivity contribution in [3.63, 3.8) is 0 Å². The largest absolute Gasteiger partial charge is 0.385 e. The Morgan fingerprint density at radius 2 is 1.12 bits per heavy atom. The highest BCUT2D eigenvalue weighted by Gasteiger charge is 2.30. The number of hydrogen-bond acceptors (Lipinski definition) is 1. The van der Waals surface area contributed by atoms with Crippen LogP contribution in [0.25, 0.3) is 33.4 Å². The van der Waals surface area contributed by atoms with Gasteiger partial charge in [-0.15, -0.1) is 0 Å². The summed E-state index contributed by atoms with van der Waals surface area (Å²) in [6.07, 6.45) is 5.27. The minimum Gasteiger partial charge on any atom is -0.385 e. The van der Waals surface area contributed by atoms with E-state index in [9.17, 15) is 5.11 Å². The third kappa shape index (κ3) is 2.42. The van der Waals surface area contributed by atoms with Crippen molar-refractivity contribution in [2.24, 2.45) is 0 Å². The number of aliphatic hydroxyl groups is 1. The summed E-state index contributed by atoms with van der Waals surface area (Å²) in [7, 11) is 0. The van der Waals surface area contributed by atoms with Crippen molar-refractivity contribution in [2.75, 3.05) is 0 Å². The lowest BCUT2D eigenvalue weighted by Gasteiger charge is -2.32. The molecule has 1 heteroatoms. The van der Waals surface area contributed by atoms with Gasteiger partial charge in [0.2, 0.25) is 0 Å². The Balaban J connectivity index is 1.55. The van der Waals surface area contributed by atoms with E-state index in [1.165, 1.54) is 39.8 Å². The van der Waals surface area contributed by atoms with E-state index in [1.54, 1.807) is 0 Å². The molecule has 1 saturated carbocycles. The van der Waals surface area contributed by atoms with Crippen LogP contribution in [0.1, 0.15) is 37.7 Å². The van der Waals surface area contributed by atoms with Crippen molar-refractivity contribution >= 4 is 0 Å². The van der Waals surface area contributed by atoms with E-state index in [1.807, 2.05) is 0 Å². The summed E-state index contributed by atoms with van der Waals surface area (Å²) in [5.41, 5.74) is 8.06. The predicted molar refractivity (Wildman–Crippen MR) is 103 cm³/mol. The lowest BCUT2D eigenvalue weighted by atomic mass is 9.79. The minimum atomic E-state index is -0.623. The summed E-state index contributed by atoms with van der Waals surface area (Å²) in [6.45, 7) is 0. The highest BCUT2D eigenvalue weighted by Crippen LogP contribution is 2.41. The van der Waals surface area contributed by atoms with Crippen LogP contribution in [-0.4, -0.2) is 5.11 Å². The van der Waals surface area contributed by atoms with E-state index in [2.05, 4.69) is 66.7 Å². The van der Waals surface area contributed by atoms with E-state index in [0.29, 0.717) is 0 Å². The van der Waals surface area contributed by atoms with E-state index in [-0.39, 0.29) is 0 Å². The maximum atomic E-state index is 10.9. The van der Waals surface area contributed by atoms with Crippen LogP contribution in [0.4, 0.5) is 0 Å². The second-order valence-electron chi connectivity index (χ2n) is 7.51. The van der Waals surface area contributed by atoms with Gasteiger partial charge in [-0.3, -0.25) is 0 Å². The Hall–Kier alpha value is -2.38. The number of hydrogen-bond donors (Lipinski definition) is 1. The van der Waals surface area contributed by atoms with Gasteiger partial charge in [-0.25, -0.2) is 0 Å². The molecule has 124 valence electrons. The Kier molecular flexibility index (Phi) is 3.33. The fourth-order valence-electron chi connectivity index (χ4n) is 4.44. The standard InChI is InChI=1S/C24H22O/c25-24(14-2-1-3-15-24)21-11-8-18(9-12-21)22-13-10-20-16-23(22)19-6-4-17(20)5-7-19/h4-13,16,25H,1-3,14-15H2. The van der Waals surface area contributed by atoms with Crippen molar-refractivity contribution in [3.05, 3.63) is 72.3 Å². The van der Waals surface area contributed by atoms with Gasteiger partial charge in [0.1, 0.15) is 0 Å². The molecule has 6 rings (SSSR count). The molecule has 3 aromatic rings. The van der Waals surface area contributed by atoms with Gasteiger partial charge in [-0.05, 0) is 57.9 Å². The minimum absolute atomic E-state index is 0.623. The van der Waals surface area contributed by atoms with E-state index in [0.717, 1.165) is 31.2 Å². The Bertz CT molecular complexity index is 913. The summed E-state index contributed by atoms with van der Waals surface area (Å²) in [5.74, 6) is 0. The van der Waals surface area contributed by atoms with Gasteiger partial charge >= 0.3 is 0 Å². The first kappa shape index (κ1) is 14.9. The van der Waals surface area contributed by atoms with Crippen LogP contribution in [0, 0.1) is 0 Å². The first-order chi connectivity index (χ1) is 12.2. The fraction of sp³-hybridized carbons (Fsp3) is 0.250. The van der Waals surface area contributed by atoms with Crippen molar-refractivity contribution in [1.29, 1.82) is 0 Å². The smallest absolute Gasteiger partial charge is 0.0896 e. The van der Waals surface area contributed by atoms with Crippen LogP contribution in [0.5, 0.6) is 0 Å². The molecule has 0 aliphatic heterocycles. The molecular formula is C24H22O. The Morgan fingerprint density at radius 3 is 1.84 bits per heavy atom. The summed E-state index contributed by atoms with van der Waals surface area (Å²) >= 11 is 0. The Morgan fingerprint density at radius 1 is 0.560 bits per heavy atom. The molecule has 0 spiro atoms. The normalized spacial score (nSPS) is 17.3. The molecule has 4 bridgehead atoms. The molecule has 0 saturated heterocycles. The van der Waals surface area contributed by atoms with Crippen LogP contribution in [-0.2, 0) is 5.60 Å². The van der Waals surface area contributed by atoms with Crippen molar-refractivity contribution in [3.8, 4) is 33.4 Å². The molecular weight excluding hydrogens is 304 g/mol. The maximum Gasteiger partial charge on any atom is 0.0896 e. The van der Waals surface area contributed by atoms with Crippen LogP contribution < -0.4 is 0 Å². The van der Waals surface area contributed by atoms with E-state index < -0.39 is 5.60 Å². The topological polar surface area (TPSA) is 20.2 Å². The zero-order chi connectivity index (χ0) is 16.9. The summed E-state index contributed by atoms with van der Waals surface area (Å²) < 4.78 is 0. The average molecular weight is 326 g/mol. The molecule has 1 N–H and O–H groups in total. The second-order valence-corrected chi connectivity index (χ2v) is 7.51. The number of fused-ring (bicyclic) bond motifs is 2. The average Bonchev–Trinajstić information content (AvgIpc) is 2.88. The van der Waals surface area contributed by atoms with E-state index >= 15 is 0 Å². The molecule has 0 atom stereocenters. The van der Waals surface area contributed by atoms with Crippen molar-refractivity contribution in [2.45, 2.75) is 37.7 Å². The van der Waals surface area contributed by atoms with Gasteiger partial charge in [-0.2, -0.15) is 0 Å². The van der Waals surface area contributed by atoms with Crippen LogP contribution in [0.2, 0.25) is 0 Å². The maximum absolute atomic E-state index is 10.9. The zero-order valence-electron chi connectivity index (χ0n) is 14.3. The summed E-state index contributed by atoms with van der Waals surface area (Å²) in [6, 6.07) is 24.1. The van der Waals surface area contributed by atoms with Crippen molar-refractivity contribution in [1.82, 2.24) is 0 Å². The molecule has 3 aliphatic rings. The summed E-state index contributed by atoms with van der Waals surface area (Å²) in [4.78, 5) is 0. The second kappa shape index (κ2) is 5.57. The molecule has 0 aromatic heterocycles. The first-order valence-electron chi connectivity index (χ1n) is 9.31. The number of rotatable bonds is 2. The van der Waals surface area contributed by atoms with Gasteiger partial charge in [0.15, 0.2) is 0 Å². The molecule has 0 unspecified atom stereocenters. The molecule has 25 heavy (non-hydrogen) atoms. The third-order valence-electron chi connectivity index (χ3n) is 5.96.